The van der Waals surface area contributed by atoms with Gasteiger partial charge in [0.15, 0.2) is 0 Å². The third-order valence-electron chi connectivity index (χ3n) is 18.1. The van der Waals surface area contributed by atoms with E-state index in [-0.39, 0.29) is 71.9 Å². The minimum absolute atomic E-state index is 0. The van der Waals surface area contributed by atoms with Crippen LogP contribution in [0.3, 0.4) is 0 Å². The Morgan fingerprint density at radius 2 is 0.542 bits per heavy atom. The van der Waals surface area contributed by atoms with Gasteiger partial charge < -0.3 is 28.8 Å². The molecular formula is C84H83B2ClO8Pd. The normalized spacial score (nSPS) is 14.4. The van der Waals surface area contributed by atoms with Crippen molar-refractivity contribution in [2.45, 2.75) is 106 Å². The van der Waals surface area contributed by atoms with Gasteiger partial charge in [-0.05, 0) is 212 Å². The first kappa shape index (κ1) is 73.1. The first-order chi connectivity index (χ1) is 44.4. The molecular weight excluding hydrogens is 1300 g/mol. The number of benzene rings is 13. The van der Waals surface area contributed by atoms with E-state index in [1.165, 1.54) is 98.0 Å². The van der Waals surface area contributed by atoms with E-state index in [0.29, 0.717) is 0 Å². The summed E-state index contributed by atoms with van der Waals surface area (Å²) in [6.07, 6.45) is 0. The van der Waals surface area contributed by atoms with Crippen molar-refractivity contribution in [2.24, 2.45) is 0 Å². The summed E-state index contributed by atoms with van der Waals surface area (Å²) in [5, 5.41) is 30.9. The van der Waals surface area contributed by atoms with Gasteiger partial charge in [0, 0.05) is 39.3 Å². The average molecular weight is 1380 g/mol. The molecule has 2 N–H and O–H groups in total. The molecule has 96 heavy (non-hydrogen) atoms. The number of aliphatic carboxylic acids is 2. The Kier molecular flexibility index (Phi) is 23.3. The number of halogens is 1. The third kappa shape index (κ3) is 16.4. The topological polar surface area (TPSA) is 112 Å². The Balaban J connectivity index is 0.000000185. The van der Waals surface area contributed by atoms with Crippen LogP contribution in [0.1, 0.15) is 84.1 Å². The maximum atomic E-state index is 9.00. The average Bonchev–Trinajstić information content (AvgIpc) is 1.33. The van der Waals surface area contributed by atoms with Crippen molar-refractivity contribution in [3.63, 3.8) is 0 Å². The van der Waals surface area contributed by atoms with Gasteiger partial charge in [0.05, 0.1) is 22.4 Å². The van der Waals surface area contributed by atoms with Crippen LogP contribution < -0.4 is 10.9 Å². The van der Waals surface area contributed by atoms with Crippen molar-refractivity contribution in [1.82, 2.24) is 0 Å². The van der Waals surface area contributed by atoms with Crippen molar-refractivity contribution in [3.05, 3.63) is 266 Å². The van der Waals surface area contributed by atoms with Crippen molar-refractivity contribution in [2.75, 3.05) is 0 Å². The number of hydrogen-bond donors (Lipinski definition) is 2. The number of hydrogen-bond acceptors (Lipinski definition) is 6. The molecule has 0 amide bonds. The maximum absolute atomic E-state index is 9.00. The molecule has 13 aromatic rings. The monoisotopic (exact) mass is 1380 g/mol. The molecule has 2 aliphatic heterocycles. The van der Waals surface area contributed by atoms with Crippen LogP contribution in [-0.2, 0) is 48.6 Å². The molecule has 15 rings (SSSR count). The van der Waals surface area contributed by atoms with E-state index >= 15 is 0 Å². The van der Waals surface area contributed by atoms with Gasteiger partial charge in [-0.2, -0.15) is 0 Å². The summed E-state index contributed by atoms with van der Waals surface area (Å²) in [6.45, 7) is 18.8. The SMILES string of the molecule is C.C.CC(=O)O.CC(=O)O.CC1(C)OB(c2cccc(-c3cccc(B4OC(C)(C)C(C)(C)O4)c3)c2)OC1(C)C.Clc1ccc2c(ccc3ccccc32)c1.[Pd].c1cc(-c2cccc(-c3ccc4c(ccc5ccccc54)c3)c2)cc(-c2ccc3c(ccc4ccccc43)c2)c1. The molecule has 13 aromatic carbocycles. The fourth-order valence-electron chi connectivity index (χ4n) is 11.8. The van der Waals surface area contributed by atoms with E-state index < -0.39 is 11.9 Å². The fraction of sp³-hybridized carbons (Fsp3) is 0.190. The predicted octanol–water partition coefficient (Wildman–Crippen LogP) is 21.4. The molecule has 0 unspecified atom stereocenters. The summed E-state index contributed by atoms with van der Waals surface area (Å²) < 4.78 is 24.9. The molecule has 0 radical (unpaired) electrons. The van der Waals surface area contributed by atoms with Gasteiger partial charge in [0.1, 0.15) is 0 Å². The summed E-state index contributed by atoms with van der Waals surface area (Å²) in [5.41, 5.74) is 10.2. The molecule has 8 nitrogen and oxygen atoms in total. The van der Waals surface area contributed by atoms with Gasteiger partial charge in [0.25, 0.3) is 11.9 Å². The smallest absolute Gasteiger partial charge is 0.481 e. The van der Waals surface area contributed by atoms with Crippen LogP contribution in [0.25, 0.3) is 109 Å². The second kappa shape index (κ2) is 30.6. The van der Waals surface area contributed by atoms with Crippen LogP contribution in [0.15, 0.2) is 261 Å². The number of carbonyl (C=O) groups is 2. The van der Waals surface area contributed by atoms with Crippen molar-refractivity contribution in [1.29, 1.82) is 0 Å². The minimum Gasteiger partial charge on any atom is -0.481 e. The van der Waals surface area contributed by atoms with Crippen LogP contribution in [-0.4, -0.2) is 58.8 Å². The molecule has 0 saturated carbocycles. The number of rotatable bonds is 6. The zero-order chi connectivity index (χ0) is 65.8. The van der Waals surface area contributed by atoms with Crippen LogP contribution >= 0.6 is 11.6 Å². The fourth-order valence-corrected chi connectivity index (χ4v) is 12.0. The van der Waals surface area contributed by atoms with Gasteiger partial charge in [-0.3, -0.25) is 9.59 Å². The second-order valence-electron chi connectivity index (χ2n) is 25.7. The van der Waals surface area contributed by atoms with Crippen molar-refractivity contribution < 1.29 is 58.8 Å². The molecule has 2 aliphatic rings. The Labute approximate surface area is 585 Å². The zero-order valence-corrected chi connectivity index (χ0v) is 56.8. The maximum Gasteiger partial charge on any atom is 0.494 e. The van der Waals surface area contributed by atoms with Crippen molar-refractivity contribution >= 4 is 113 Å². The van der Waals surface area contributed by atoms with E-state index in [1.807, 2.05) is 12.1 Å². The van der Waals surface area contributed by atoms with Gasteiger partial charge in [-0.1, -0.05) is 251 Å². The van der Waals surface area contributed by atoms with Crippen LogP contribution in [0.5, 0.6) is 0 Å². The summed E-state index contributed by atoms with van der Waals surface area (Å²) in [7, 11) is -0.748. The van der Waals surface area contributed by atoms with Crippen LogP contribution in [0.2, 0.25) is 5.02 Å². The Morgan fingerprint density at radius 1 is 0.302 bits per heavy atom. The first-order valence-corrected chi connectivity index (χ1v) is 31.7. The van der Waals surface area contributed by atoms with Gasteiger partial charge in [-0.15, -0.1) is 0 Å². The summed E-state index contributed by atoms with van der Waals surface area (Å²) in [4.78, 5) is 18.0. The number of carboxylic acid groups (broad SMARTS) is 2. The largest absolute Gasteiger partial charge is 0.494 e. The van der Waals surface area contributed by atoms with Gasteiger partial charge in [-0.25, -0.2) is 0 Å². The van der Waals surface area contributed by atoms with Crippen LogP contribution in [0.4, 0.5) is 0 Å². The van der Waals surface area contributed by atoms with Crippen LogP contribution in [0, 0.1) is 0 Å². The van der Waals surface area contributed by atoms with E-state index in [0.717, 1.165) is 40.9 Å². The van der Waals surface area contributed by atoms with E-state index in [4.69, 9.17) is 50.0 Å². The molecule has 2 heterocycles. The molecule has 0 bridgehead atoms. The molecule has 12 heteroatoms. The van der Waals surface area contributed by atoms with Gasteiger partial charge in [0.2, 0.25) is 0 Å². The zero-order valence-electron chi connectivity index (χ0n) is 54.5. The summed E-state index contributed by atoms with van der Waals surface area (Å²) in [6, 6.07) is 93.0. The molecule has 0 spiro atoms. The predicted molar refractivity (Wildman–Crippen MR) is 403 cm³/mol. The second-order valence-corrected chi connectivity index (χ2v) is 26.2. The third-order valence-corrected chi connectivity index (χ3v) is 18.3. The Bertz CT molecular complexity index is 4640. The molecule has 2 saturated heterocycles. The summed E-state index contributed by atoms with van der Waals surface area (Å²) in [5.74, 6) is -1.67. The molecule has 490 valence electrons. The van der Waals surface area contributed by atoms with E-state index in [9.17, 15) is 0 Å². The van der Waals surface area contributed by atoms with Crippen molar-refractivity contribution in [3.8, 4) is 44.5 Å². The van der Waals surface area contributed by atoms with E-state index in [2.05, 4.69) is 304 Å². The quantitative estimate of drug-likeness (QED) is 0.125. The standard InChI is InChI=1S/C40H26.C24H32B2O4.C14H9Cl.2C2H4O2.2CH4.Pd/c1-3-13-37-27(7-1)15-17-35-25-33(19-21-39(35)37)31-11-5-9-29(23-31)30-10-6-12-32(24-30)34-20-22-40-36(26-34)18-16-28-8-2-4-14-38(28)40;1-21(2)22(3,4)28-25(27-21)19-13-9-11-17(15-19)18-12-10-14-20(16-18)26-29-23(5,6)24(7,8)30-26;15-12-7-8-14-11(9-12)6-5-10-3-1-2-4-13(10)14;2*1-2(3)4;;;/h1-26H;9-16H,1-8H3;1-9H;2*1H3,(H,3,4);2*1H4;. The number of fused-ring (bicyclic) bond motifs is 9. The Hall–Kier alpha value is -8.72. The minimum atomic E-state index is -0.833. The molecule has 0 aliphatic carbocycles. The van der Waals surface area contributed by atoms with Gasteiger partial charge >= 0.3 is 14.2 Å². The summed E-state index contributed by atoms with van der Waals surface area (Å²) >= 11 is 5.97. The number of carboxylic acids is 2. The molecule has 0 aromatic heterocycles. The Morgan fingerprint density at radius 3 is 0.865 bits per heavy atom. The van der Waals surface area contributed by atoms with E-state index in [1.54, 1.807) is 0 Å². The molecule has 2 fully saturated rings. The molecule has 0 atom stereocenters. The first-order valence-electron chi connectivity index (χ1n) is 31.3.